The van der Waals surface area contributed by atoms with Gasteiger partial charge in [0.05, 0.1) is 17.5 Å². The Labute approximate surface area is 163 Å². The summed E-state index contributed by atoms with van der Waals surface area (Å²) in [6.45, 7) is 12.5. The second-order valence-electron chi connectivity index (χ2n) is 5.70. The number of nitrogens with two attached hydrogens (primary N) is 3. The van der Waals surface area contributed by atoms with Gasteiger partial charge in [-0.15, -0.1) is 23.4 Å². The van der Waals surface area contributed by atoms with Crippen LogP contribution in [0.25, 0.3) is 0 Å². The molecule has 0 saturated heterocycles. The van der Waals surface area contributed by atoms with Crippen LogP contribution in [0.4, 0.5) is 22.2 Å². The van der Waals surface area contributed by atoms with Gasteiger partial charge in [0.2, 0.25) is 10.1 Å². The molecule has 0 radical (unpaired) electrons. The average molecular weight is 391 g/mol. The minimum atomic E-state index is -0.473. The lowest BCUT2D eigenvalue weighted by atomic mass is 10.2. The van der Waals surface area contributed by atoms with Crippen LogP contribution in [0.5, 0.6) is 0 Å². The summed E-state index contributed by atoms with van der Waals surface area (Å²) < 4.78 is 4.86. The zero-order valence-corrected chi connectivity index (χ0v) is 16.4. The fourth-order valence-electron chi connectivity index (χ4n) is 1.94. The summed E-state index contributed by atoms with van der Waals surface area (Å²) in [6, 6.07) is 5.62. The Morgan fingerprint density at radius 2 is 1.81 bits per heavy atom. The molecule has 2 rings (SSSR count). The predicted molar refractivity (Wildman–Crippen MR) is 113 cm³/mol. The van der Waals surface area contributed by atoms with E-state index in [0.29, 0.717) is 11.4 Å². The van der Waals surface area contributed by atoms with Crippen molar-refractivity contribution < 1.29 is 9.53 Å². The molecule has 9 heteroatoms. The molecule has 0 unspecified atom stereocenters. The van der Waals surface area contributed by atoms with E-state index in [1.807, 2.05) is 30.4 Å². The van der Waals surface area contributed by atoms with Crippen LogP contribution in [0.3, 0.4) is 0 Å². The first-order valence-electron chi connectivity index (χ1n) is 8.20. The van der Waals surface area contributed by atoms with Crippen molar-refractivity contribution in [3.8, 4) is 0 Å². The van der Waals surface area contributed by atoms with Crippen molar-refractivity contribution in [2.45, 2.75) is 20.0 Å². The van der Waals surface area contributed by atoms with E-state index in [0.717, 1.165) is 30.1 Å². The van der Waals surface area contributed by atoms with Crippen molar-refractivity contribution in [3.05, 3.63) is 48.5 Å². The molecule has 0 fully saturated rings. The largest absolute Gasteiger partial charge is 0.458 e. The van der Waals surface area contributed by atoms with Gasteiger partial charge < -0.3 is 26.8 Å². The van der Waals surface area contributed by atoms with Gasteiger partial charge in [-0.1, -0.05) is 23.5 Å². The standard InChI is InChI=1S/C12H17N3.C6H9N3O2S/c1-3-7-15(8-4-2)10-5-6-11(13)12(14)9-10;1-3(2)11-5(10)4-8-9-6(7)12-4/h3-6,9H,1-2,7-8,13-14H2;3H,1-2H3,(H2,7,9). The van der Waals surface area contributed by atoms with Crippen LogP contribution in [0.15, 0.2) is 43.5 Å². The molecule has 146 valence electrons. The van der Waals surface area contributed by atoms with Gasteiger partial charge in [0.15, 0.2) is 0 Å². The Morgan fingerprint density at radius 1 is 1.19 bits per heavy atom. The minimum Gasteiger partial charge on any atom is -0.458 e. The topological polar surface area (TPSA) is 133 Å². The van der Waals surface area contributed by atoms with Crippen LogP contribution in [0.2, 0.25) is 0 Å². The first-order chi connectivity index (χ1) is 12.8. The summed E-state index contributed by atoms with van der Waals surface area (Å²) in [5.41, 5.74) is 18.9. The highest BCUT2D eigenvalue weighted by atomic mass is 32.1. The van der Waals surface area contributed by atoms with Gasteiger partial charge in [-0.05, 0) is 32.0 Å². The summed E-state index contributed by atoms with van der Waals surface area (Å²) in [5.74, 6) is -0.473. The smallest absolute Gasteiger partial charge is 0.369 e. The Bertz CT molecular complexity index is 765. The number of hydrogen-bond acceptors (Lipinski definition) is 9. The summed E-state index contributed by atoms with van der Waals surface area (Å²) in [4.78, 5) is 13.2. The summed E-state index contributed by atoms with van der Waals surface area (Å²) >= 11 is 1.02. The Morgan fingerprint density at radius 3 is 2.26 bits per heavy atom. The minimum absolute atomic E-state index is 0.150. The molecule has 1 aromatic carbocycles. The van der Waals surface area contributed by atoms with Gasteiger partial charge in [0, 0.05) is 18.8 Å². The van der Waals surface area contributed by atoms with Crippen LogP contribution in [0.1, 0.15) is 23.6 Å². The maximum Gasteiger partial charge on any atom is 0.369 e. The number of benzene rings is 1. The normalized spacial score (nSPS) is 9.89. The Kier molecular flexibility index (Phi) is 8.80. The fourth-order valence-corrected chi connectivity index (χ4v) is 2.43. The SMILES string of the molecule is C=CCN(CC=C)c1ccc(N)c(N)c1.CC(C)OC(=O)c1nnc(N)s1. The van der Waals surface area contributed by atoms with Gasteiger partial charge in [-0.3, -0.25) is 0 Å². The number of ether oxygens (including phenoxy) is 1. The number of nitrogen functional groups attached to an aromatic ring is 3. The van der Waals surface area contributed by atoms with Gasteiger partial charge in [-0.25, -0.2) is 4.79 Å². The molecule has 0 atom stereocenters. The van der Waals surface area contributed by atoms with Gasteiger partial charge >= 0.3 is 5.97 Å². The van der Waals surface area contributed by atoms with Crippen molar-refractivity contribution in [2.75, 3.05) is 35.2 Å². The molecule has 27 heavy (non-hydrogen) atoms. The van der Waals surface area contributed by atoms with Crippen LogP contribution in [-0.2, 0) is 4.74 Å². The molecule has 2 aromatic rings. The molecule has 6 N–H and O–H groups in total. The van der Waals surface area contributed by atoms with Crippen LogP contribution in [-0.4, -0.2) is 35.4 Å². The molecule has 0 aliphatic carbocycles. The summed E-state index contributed by atoms with van der Waals surface area (Å²) in [7, 11) is 0. The number of carbonyl (C=O) groups is 1. The number of carbonyl (C=O) groups excluding carboxylic acids is 1. The average Bonchev–Trinajstić information content (AvgIpc) is 3.04. The third-order valence-electron chi connectivity index (χ3n) is 3.09. The number of nitrogens with zero attached hydrogens (tertiary/aromatic N) is 3. The number of hydrogen-bond donors (Lipinski definition) is 3. The Balaban J connectivity index is 0.000000277. The molecular weight excluding hydrogens is 364 g/mol. The highest BCUT2D eigenvalue weighted by Gasteiger charge is 2.14. The maximum atomic E-state index is 11.1. The van der Waals surface area contributed by atoms with E-state index in [9.17, 15) is 4.79 Å². The van der Waals surface area contributed by atoms with Crippen LogP contribution < -0.4 is 22.1 Å². The molecular formula is C18H26N6O2S. The van der Waals surface area contributed by atoms with Crippen LogP contribution in [0, 0.1) is 0 Å². The molecule has 0 aliphatic rings. The molecule has 1 heterocycles. The molecule has 0 amide bonds. The van der Waals surface area contributed by atoms with E-state index in [2.05, 4.69) is 28.3 Å². The first-order valence-corrected chi connectivity index (χ1v) is 9.01. The van der Waals surface area contributed by atoms with Crippen molar-refractivity contribution >= 4 is 39.5 Å². The fraction of sp³-hybridized carbons (Fsp3) is 0.278. The lowest BCUT2D eigenvalue weighted by molar-refractivity contribution is 0.0376. The number of aromatic nitrogens is 2. The molecule has 0 bridgehead atoms. The second kappa shape index (κ2) is 10.8. The summed E-state index contributed by atoms with van der Waals surface area (Å²) in [6.07, 6.45) is 3.54. The Hall–Kier alpha value is -3.07. The van der Waals surface area contributed by atoms with Crippen molar-refractivity contribution in [1.29, 1.82) is 0 Å². The summed E-state index contributed by atoms with van der Waals surface area (Å²) in [5, 5.41) is 7.49. The zero-order valence-electron chi connectivity index (χ0n) is 15.6. The molecule has 0 spiro atoms. The highest BCUT2D eigenvalue weighted by molar-refractivity contribution is 7.16. The van der Waals surface area contributed by atoms with E-state index >= 15 is 0 Å². The number of rotatable bonds is 7. The zero-order chi connectivity index (χ0) is 20.4. The van der Waals surface area contributed by atoms with E-state index in [1.165, 1.54) is 0 Å². The van der Waals surface area contributed by atoms with Crippen molar-refractivity contribution in [2.24, 2.45) is 0 Å². The van der Waals surface area contributed by atoms with E-state index in [4.69, 9.17) is 21.9 Å². The van der Waals surface area contributed by atoms with Gasteiger partial charge in [0.1, 0.15) is 0 Å². The third kappa shape index (κ3) is 7.37. The van der Waals surface area contributed by atoms with Crippen LogP contribution >= 0.6 is 11.3 Å². The van der Waals surface area contributed by atoms with E-state index in [-0.39, 0.29) is 16.2 Å². The number of esters is 1. The quantitative estimate of drug-likeness (QED) is 0.373. The highest BCUT2D eigenvalue weighted by Crippen LogP contribution is 2.22. The van der Waals surface area contributed by atoms with Gasteiger partial charge in [-0.2, -0.15) is 0 Å². The molecule has 0 aliphatic heterocycles. The molecule has 1 aromatic heterocycles. The van der Waals surface area contributed by atoms with E-state index in [1.54, 1.807) is 13.8 Å². The molecule has 0 saturated carbocycles. The predicted octanol–water partition coefficient (Wildman–Crippen LogP) is 2.71. The van der Waals surface area contributed by atoms with Crippen molar-refractivity contribution in [3.63, 3.8) is 0 Å². The lowest BCUT2D eigenvalue weighted by Crippen LogP contribution is -2.23. The number of anilines is 4. The second-order valence-corrected chi connectivity index (χ2v) is 6.70. The third-order valence-corrected chi connectivity index (χ3v) is 3.82. The van der Waals surface area contributed by atoms with Gasteiger partial charge in [0.25, 0.3) is 0 Å². The maximum absolute atomic E-state index is 11.1. The van der Waals surface area contributed by atoms with Crippen molar-refractivity contribution in [1.82, 2.24) is 10.2 Å². The monoisotopic (exact) mass is 390 g/mol. The molecule has 8 nitrogen and oxygen atoms in total. The lowest BCUT2D eigenvalue weighted by Gasteiger charge is -2.22. The first kappa shape index (κ1) is 22.0. The van der Waals surface area contributed by atoms with E-state index < -0.39 is 5.97 Å².